The van der Waals surface area contributed by atoms with Crippen molar-refractivity contribution in [2.75, 3.05) is 31.1 Å². The monoisotopic (exact) mass is 238 g/mol. The third-order valence-electron chi connectivity index (χ3n) is 2.89. The van der Waals surface area contributed by atoms with Crippen molar-refractivity contribution >= 4 is 24.2 Å². The Morgan fingerprint density at radius 2 is 2.14 bits per heavy atom. The van der Waals surface area contributed by atoms with Crippen LogP contribution >= 0.6 is 24.2 Å². The number of nitrogens with one attached hydrogen (secondary N) is 1. The van der Waals surface area contributed by atoms with E-state index in [1.165, 1.54) is 24.6 Å². The van der Waals surface area contributed by atoms with Gasteiger partial charge in [-0.1, -0.05) is 6.92 Å². The van der Waals surface area contributed by atoms with Gasteiger partial charge in [0, 0.05) is 37.5 Å². The van der Waals surface area contributed by atoms with Crippen molar-refractivity contribution in [3.63, 3.8) is 0 Å². The van der Waals surface area contributed by atoms with Crippen LogP contribution in [0.2, 0.25) is 0 Å². The fourth-order valence-corrected chi connectivity index (χ4v) is 2.42. The van der Waals surface area contributed by atoms with Gasteiger partial charge in [0.05, 0.1) is 0 Å². The van der Waals surface area contributed by atoms with Gasteiger partial charge in [-0.3, -0.25) is 4.90 Å². The number of thioether (sulfide) groups is 1. The molecule has 1 heterocycles. The highest BCUT2D eigenvalue weighted by Gasteiger charge is 2.23. The molecule has 0 aromatic carbocycles. The quantitative estimate of drug-likeness (QED) is 0.753. The molecule has 0 bridgehead atoms. The summed E-state index contributed by atoms with van der Waals surface area (Å²) in [4.78, 5) is 2.60. The molecule has 1 saturated heterocycles. The molecule has 2 unspecified atom stereocenters. The van der Waals surface area contributed by atoms with Crippen LogP contribution in [-0.4, -0.2) is 48.1 Å². The molecular weight excluding hydrogens is 216 g/mol. The van der Waals surface area contributed by atoms with Gasteiger partial charge in [-0.15, -0.1) is 12.4 Å². The van der Waals surface area contributed by atoms with Gasteiger partial charge < -0.3 is 5.32 Å². The van der Waals surface area contributed by atoms with Crippen molar-refractivity contribution in [2.24, 2.45) is 0 Å². The molecule has 2 atom stereocenters. The Balaban J connectivity index is 0.00000169. The molecule has 0 amide bonds. The van der Waals surface area contributed by atoms with Gasteiger partial charge in [-0.25, -0.2) is 0 Å². The van der Waals surface area contributed by atoms with Crippen LogP contribution in [-0.2, 0) is 0 Å². The average molecular weight is 239 g/mol. The van der Waals surface area contributed by atoms with Crippen LogP contribution in [0.4, 0.5) is 0 Å². The SMILES string of the molecule is CCSCCN1CCNC(C)C1C.Cl. The number of nitrogens with zero attached hydrogens (tertiary/aromatic N) is 1. The molecule has 1 rings (SSSR count). The van der Waals surface area contributed by atoms with Crippen molar-refractivity contribution in [2.45, 2.75) is 32.9 Å². The highest BCUT2D eigenvalue weighted by Crippen LogP contribution is 2.10. The Morgan fingerprint density at radius 1 is 1.43 bits per heavy atom. The molecule has 0 aliphatic carbocycles. The van der Waals surface area contributed by atoms with Crippen molar-refractivity contribution in [3.8, 4) is 0 Å². The van der Waals surface area contributed by atoms with Crippen LogP contribution in [0.5, 0.6) is 0 Å². The van der Waals surface area contributed by atoms with Crippen molar-refractivity contribution in [3.05, 3.63) is 0 Å². The van der Waals surface area contributed by atoms with E-state index in [1.807, 2.05) is 11.8 Å². The molecule has 0 saturated carbocycles. The summed E-state index contributed by atoms with van der Waals surface area (Å²) in [5.74, 6) is 2.53. The summed E-state index contributed by atoms with van der Waals surface area (Å²) in [5, 5.41) is 3.50. The fraction of sp³-hybridized carbons (Fsp3) is 1.00. The molecule has 0 radical (unpaired) electrons. The summed E-state index contributed by atoms with van der Waals surface area (Å²) in [6.07, 6.45) is 0. The van der Waals surface area contributed by atoms with Gasteiger partial charge >= 0.3 is 0 Å². The minimum Gasteiger partial charge on any atom is -0.311 e. The third-order valence-corrected chi connectivity index (χ3v) is 3.77. The van der Waals surface area contributed by atoms with Gasteiger partial charge in [0.15, 0.2) is 0 Å². The summed E-state index contributed by atoms with van der Waals surface area (Å²) >= 11 is 2.04. The Labute approximate surface area is 98.6 Å². The fourth-order valence-electron chi connectivity index (χ4n) is 1.77. The maximum atomic E-state index is 3.50. The standard InChI is InChI=1S/C10H22N2S.ClH/c1-4-13-8-7-12-6-5-11-9(2)10(12)3;/h9-11H,4-8H2,1-3H3;1H. The lowest BCUT2D eigenvalue weighted by atomic mass is 10.1. The topological polar surface area (TPSA) is 15.3 Å². The van der Waals surface area contributed by atoms with Crippen LogP contribution in [0.25, 0.3) is 0 Å². The minimum absolute atomic E-state index is 0. The second-order valence-electron chi connectivity index (χ2n) is 3.72. The lowest BCUT2D eigenvalue weighted by Crippen LogP contribution is -2.55. The van der Waals surface area contributed by atoms with Gasteiger partial charge in [0.25, 0.3) is 0 Å². The first-order valence-electron chi connectivity index (χ1n) is 5.31. The van der Waals surface area contributed by atoms with E-state index in [0.29, 0.717) is 12.1 Å². The predicted octanol–water partition coefficient (Wildman–Crippen LogP) is 1.84. The molecule has 14 heavy (non-hydrogen) atoms. The van der Waals surface area contributed by atoms with E-state index in [1.54, 1.807) is 0 Å². The summed E-state index contributed by atoms with van der Waals surface area (Å²) in [6.45, 7) is 10.5. The molecular formula is C10H23ClN2S. The molecule has 0 aromatic heterocycles. The Morgan fingerprint density at radius 3 is 2.79 bits per heavy atom. The molecule has 0 spiro atoms. The summed E-state index contributed by atoms with van der Waals surface area (Å²) in [6, 6.07) is 1.35. The first-order valence-corrected chi connectivity index (χ1v) is 6.46. The second-order valence-corrected chi connectivity index (χ2v) is 5.11. The molecule has 1 aliphatic heterocycles. The Kier molecular flexibility index (Phi) is 8.11. The normalized spacial score (nSPS) is 28.5. The highest BCUT2D eigenvalue weighted by atomic mass is 35.5. The van der Waals surface area contributed by atoms with E-state index in [0.717, 1.165) is 6.54 Å². The molecule has 1 aliphatic rings. The Hall–Kier alpha value is 0.560. The highest BCUT2D eigenvalue weighted by molar-refractivity contribution is 7.99. The zero-order valence-electron chi connectivity index (χ0n) is 9.45. The lowest BCUT2D eigenvalue weighted by Gasteiger charge is -2.38. The lowest BCUT2D eigenvalue weighted by molar-refractivity contribution is 0.147. The molecule has 86 valence electrons. The van der Waals surface area contributed by atoms with Gasteiger partial charge in [0.2, 0.25) is 0 Å². The van der Waals surface area contributed by atoms with Gasteiger partial charge in [0.1, 0.15) is 0 Å². The average Bonchev–Trinajstić information content (AvgIpc) is 2.13. The van der Waals surface area contributed by atoms with Crippen LogP contribution in [0, 0.1) is 0 Å². The molecule has 4 heteroatoms. The molecule has 2 nitrogen and oxygen atoms in total. The zero-order chi connectivity index (χ0) is 9.68. The maximum Gasteiger partial charge on any atom is 0.0219 e. The maximum absolute atomic E-state index is 3.50. The van der Waals surface area contributed by atoms with Crippen molar-refractivity contribution in [1.29, 1.82) is 0 Å². The first kappa shape index (κ1) is 14.6. The van der Waals surface area contributed by atoms with E-state index in [9.17, 15) is 0 Å². The van der Waals surface area contributed by atoms with Gasteiger partial charge in [-0.05, 0) is 19.6 Å². The van der Waals surface area contributed by atoms with Gasteiger partial charge in [-0.2, -0.15) is 11.8 Å². The largest absolute Gasteiger partial charge is 0.311 e. The smallest absolute Gasteiger partial charge is 0.0219 e. The zero-order valence-corrected chi connectivity index (χ0v) is 11.1. The number of hydrogen-bond donors (Lipinski definition) is 1. The summed E-state index contributed by atoms with van der Waals surface area (Å²) in [5.41, 5.74) is 0. The van der Waals surface area contributed by atoms with Crippen molar-refractivity contribution in [1.82, 2.24) is 10.2 Å². The van der Waals surface area contributed by atoms with Crippen LogP contribution < -0.4 is 5.32 Å². The Bertz CT molecular complexity index is 146. The number of piperazine rings is 1. The van der Waals surface area contributed by atoms with E-state index in [2.05, 4.69) is 31.0 Å². The number of rotatable bonds is 4. The molecule has 0 aromatic rings. The predicted molar refractivity (Wildman–Crippen MR) is 68.7 cm³/mol. The van der Waals surface area contributed by atoms with E-state index in [-0.39, 0.29) is 12.4 Å². The van der Waals surface area contributed by atoms with Crippen LogP contribution in [0.15, 0.2) is 0 Å². The van der Waals surface area contributed by atoms with Crippen LogP contribution in [0.1, 0.15) is 20.8 Å². The van der Waals surface area contributed by atoms with Crippen LogP contribution in [0.3, 0.4) is 0 Å². The molecule has 1 fully saturated rings. The third kappa shape index (κ3) is 4.39. The van der Waals surface area contributed by atoms with Crippen molar-refractivity contribution < 1.29 is 0 Å². The number of halogens is 1. The van der Waals surface area contributed by atoms with E-state index in [4.69, 9.17) is 0 Å². The number of hydrogen-bond acceptors (Lipinski definition) is 3. The first-order chi connectivity index (χ1) is 6.25. The minimum atomic E-state index is 0. The molecule has 1 N–H and O–H groups in total. The van der Waals surface area contributed by atoms with E-state index < -0.39 is 0 Å². The summed E-state index contributed by atoms with van der Waals surface area (Å²) < 4.78 is 0. The summed E-state index contributed by atoms with van der Waals surface area (Å²) in [7, 11) is 0. The second kappa shape index (κ2) is 7.80. The van der Waals surface area contributed by atoms with E-state index >= 15 is 0 Å².